The van der Waals surface area contributed by atoms with Crippen molar-refractivity contribution in [2.24, 2.45) is 0 Å². The number of rotatable bonds is 7. The average molecular weight is 550 g/mol. The van der Waals surface area contributed by atoms with E-state index in [4.69, 9.17) is 9.15 Å². The van der Waals surface area contributed by atoms with Gasteiger partial charge in [-0.15, -0.1) is 0 Å². The monoisotopic (exact) mass is 548 g/mol. The molecule has 1 heterocycles. The zero-order valence-corrected chi connectivity index (χ0v) is 18.8. The van der Waals surface area contributed by atoms with Crippen LogP contribution >= 0.6 is 31.9 Å². The van der Waals surface area contributed by atoms with Gasteiger partial charge in [0.25, 0.3) is 11.6 Å². The molecule has 158 valence electrons. The van der Waals surface area contributed by atoms with Crippen LogP contribution in [0.25, 0.3) is 6.08 Å². The molecular formula is C21H14Br2N2O6. The summed E-state index contributed by atoms with van der Waals surface area (Å²) in [6.07, 6.45) is 1.32. The third-order valence-corrected chi connectivity index (χ3v) is 5.06. The van der Waals surface area contributed by atoms with Crippen molar-refractivity contribution < 1.29 is 23.7 Å². The Morgan fingerprint density at radius 3 is 2.45 bits per heavy atom. The molecule has 0 bridgehead atoms. The number of non-ortho nitro benzene ring substituents is 1. The quantitative estimate of drug-likeness (QED) is 0.176. The highest BCUT2D eigenvalue weighted by Crippen LogP contribution is 2.29. The first-order valence-electron chi connectivity index (χ1n) is 8.77. The fourth-order valence-electron chi connectivity index (χ4n) is 2.54. The van der Waals surface area contributed by atoms with E-state index in [1.807, 2.05) is 0 Å². The lowest BCUT2D eigenvalue weighted by Crippen LogP contribution is -2.25. The van der Waals surface area contributed by atoms with Crippen molar-refractivity contribution in [1.82, 2.24) is 0 Å². The van der Waals surface area contributed by atoms with Crippen molar-refractivity contribution in [2.45, 2.75) is 6.10 Å². The number of nitro benzene ring substituents is 1. The Morgan fingerprint density at radius 2 is 1.84 bits per heavy atom. The van der Waals surface area contributed by atoms with Gasteiger partial charge >= 0.3 is 5.97 Å². The zero-order valence-electron chi connectivity index (χ0n) is 15.7. The number of carbonyl (C=O) groups excluding carboxylic acids is 2. The van der Waals surface area contributed by atoms with Crippen LogP contribution in [0.2, 0.25) is 0 Å². The zero-order chi connectivity index (χ0) is 22.4. The summed E-state index contributed by atoms with van der Waals surface area (Å²) >= 11 is 6.37. The van der Waals surface area contributed by atoms with Gasteiger partial charge in [-0.05, 0) is 56.1 Å². The van der Waals surface area contributed by atoms with Crippen LogP contribution in [-0.4, -0.2) is 16.8 Å². The number of carbonyl (C=O) groups is 2. The van der Waals surface area contributed by atoms with Crippen molar-refractivity contribution in [3.8, 4) is 0 Å². The molecule has 1 N–H and O–H groups in total. The van der Waals surface area contributed by atoms with Crippen molar-refractivity contribution in [3.05, 3.63) is 97.3 Å². The van der Waals surface area contributed by atoms with Gasteiger partial charge < -0.3 is 14.5 Å². The molecule has 1 atom stereocenters. The Morgan fingerprint density at radius 1 is 1.10 bits per heavy atom. The molecule has 0 aliphatic rings. The number of furan rings is 1. The highest BCUT2D eigenvalue weighted by Gasteiger charge is 2.25. The Hall–Kier alpha value is -3.24. The highest BCUT2D eigenvalue weighted by atomic mass is 79.9. The third-order valence-electron chi connectivity index (χ3n) is 3.97. The molecule has 1 aromatic heterocycles. The Bertz CT molecular complexity index is 1140. The molecule has 3 rings (SSSR count). The summed E-state index contributed by atoms with van der Waals surface area (Å²) in [6, 6.07) is 15.7. The number of anilines is 1. The molecule has 31 heavy (non-hydrogen) atoms. The lowest BCUT2D eigenvalue weighted by Gasteiger charge is -2.17. The van der Waals surface area contributed by atoms with E-state index in [0.29, 0.717) is 26.2 Å². The van der Waals surface area contributed by atoms with Crippen LogP contribution in [0.1, 0.15) is 17.4 Å². The van der Waals surface area contributed by atoms with Gasteiger partial charge in [0, 0.05) is 28.2 Å². The Labute approximate surface area is 193 Å². The van der Waals surface area contributed by atoms with Gasteiger partial charge in [0.2, 0.25) is 6.10 Å². The summed E-state index contributed by atoms with van der Waals surface area (Å²) in [5.74, 6) is -0.943. The maximum atomic E-state index is 12.9. The second-order valence-corrected chi connectivity index (χ2v) is 7.75. The van der Waals surface area contributed by atoms with E-state index in [0.717, 1.165) is 6.08 Å². The normalized spacial score (nSPS) is 11.8. The number of ether oxygens (including phenoxy) is 1. The molecule has 0 saturated carbocycles. The minimum atomic E-state index is -1.25. The largest absolute Gasteiger partial charge is 0.450 e. The molecule has 1 amide bonds. The second-order valence-electron chi connectivity index (χ2n) is 6.11. The van der Waals surface area contributed by atoms with E-state index in [1.165, 1.54) is 24.3 Å². The Balaban J connectivity index is 1.79. The SMILES string of the molecule is O=C(/C=C/c1ccc(Br)o1)O[C@H](C(=O)Nc1ccc([N+](=O)[O-])cc1Br)c1ccccc1. The molecule has 8 nitrogen and oxygen atoms in total. The second kappa shape index (κ2) is 10.2. The van der Waals surface area contributed by atoms with Crippen molar-refractivity contribution in [2.75, 3.05) is 5.32 Å². The van der Waals surface area contributed by atoms with E-state index >= 15 is 0 Å². The van der Waals surface area contributed by atoms with Crippen molar-refractivity contribution in [3.63, 3.8) is 0 Å². The van der Waals surface area contributed by atoms with Gasteiger partial charge in [-0.1, -0.05) is 30.3 Å². The number of hydrogen-bond acceptors (Lipinski definition) is 6. The maximum absolute atomic E-state index is 12.9. The van der Waals surface area contributed by atoms with Gasteiger partial charge in [0.05, 0.1) is 10.6 Å². The number of halogens is 2. The van der Waals surface area contributed by atoms with E-state index in [2.05, 4.69) is 37.2 Å². The van der Waals surface area contributed by atoms with Gasteiger partial charge in [0.1, 0.15) is 5.76 Å². The number of benzene rings is 2. The first-order valence-corrected chi connectivity index (χ1v) is 10.4. The molecule has 0 saturated heterocycles. The van der Waals surface area contributed by atoms with Crippen LogP contribution in [-0.2, 0) is 14.3 Å². The minimum Gasteiger partial charge on any atom is -0.450 e. The fraction of sp³-hybridized carbons (Fsp3) is 0.0476. The summed E-state index contributed by atoms with van der Waals surface area (Å²) in [4.78, 5) is 35.6. The summed E-state index contributed by atoms with van der Waals surface area (Å²) in [6.45, 7) is 0. The smallest absolute Gasteiger partial charge is 0.332 e. The maximum Gasteiger partial charge on any atom is 0.332 e. The third kappa shape index (κ3) is 6.12. The fourth-order valence-corrected chi connectivity index (χ4v) is 3.33. The Kier molecular flexibility index (Phi) is 7.37. The minimum absolute atomic E-state index is 0.134. The first kappa shape index (κ1) is 22.4. The summed E-state index contributed by atoms with van der Waals surface area (Å²) < 4.78 is 11.5. The van der Waals surface area contributed by atoms with Crippen LogP contribution < -0.4 is 5.32 Å². The number of hydrogen-bond donors (Lipinski definition) is 1. The predicted molar refractivity (Wildman–Crippen MR) is 120 cm³/mol. The molecule has 10 heteroatoms. The van der Waals surface area contributed by atoms with E-state index < -0.39 is 22.9 Å². The van der Waals surface area contributed by atoms with Crippen LogP contribution in [0.15, 0.2) is 80.3 Å². The molecular weight excluding hydrogens is 536 g/mol. The molecule has 0 spiro atoms. The van der Waals surface area contributed by atoms with Crippen LogP contribution in [0.3, 0.4) is 0 Å². The first-order chi connectivity index (χ1) is 14.8. The molecule has 2 aromatic carbocycles. The molecule has 0 aliphatic carbocycles. The van der Waals surface area contributed by atoms with Crippen molar-refractivity contribution in [1.29, 1.82) is 0 Å². The molecule has 0 unspecified atom stereocenters. The number of nitro groups is 1. The number of amides is 1. The van der Waals surface area contributed by atoms with E-state index in [-0.39, 0.29) is 5.69 Å². The predicted octanol–water partition coefficient (Wildman–Crippen LogP) is 5.65. The highest BCUT2D eigenvalue weighted by molar-refractivity contribution is 9.10. The van der Waals surface area contributed by atoms with E-state index in [9.17, 15) is 19.7 Å². The molecule has 0 fully saturated rings. The van der Waals surface area contributed by atoms with Gasteiger partial charge in [-0.3, -0.25) is 14.9 Å². The van der Waals surface area contributed by atoms with Gasteiger partial charge in [-0.2, -0.15) is 0 Å². The number of nitrogens with zero attached hydrogens (tertiary/aromatic N) is 1. The molecule has 0 aliphatic heterocycles. The molecule has 3 aromatic rings. The summed E-state index contributed by atoms with van der Waals surface area (Å²) in [5.41, 5.74) is 0.620. The van der Waals surface area contributed by atoms with Gasteiger partial charge in [-0.25, -0.2) is 4.79 Å². The van der Waals surface area contributed by atoms with Crippen LogP contribution in [0, 0.1) is 10.1 Å². The molecule has 0 radical (unpaired) electrons. The lowest BCUT2D eigenvalue weighted by molar-refractivity contribution is -0.384. The van der Waals surface area contributed by atoms with E-state index in [1.54, 1.807) is 42.5 Å². The van der Waals surface area contributed by atoms with Crippen LogP contribution in [0.5, 0.6) is 0 Å². The van der Waals surface area contributed by atoms with Crippen LogP contribution in [0.4, 0.5) is 11.4 Å². The summed E-state index contributed by atoms with van der Waals surface area (Å²) in [5, 5.41) is 13.5. The standard InChI is InChI=1S/C21H14Br2N2O6/c22-16-12-14(25(28)29)6-9-17(16)24-21(27)20(13-4-2-1-3-5-13)31-19(26)11-8-15-7-10-18(23)30-15/h1-12,20H,(H,24,27)/b11-8+/t20-/m0/s1. The topological polar surface area (TPSA) is 112 Å². The number of nitrogens with one attached hydrogen (secondary N) is 1. The lowest BCUT2D eigenvalue weighted by atomic mass is 10.1. The summed E-state index contributed by atoms with van der Waals surface area (Å²) in [7, 11) is 0. The van der Waals surface area contributed by atoms with Crippen molar-refractivity contribution >= 4 is 61.2 Å². The van der Waals surface area contributed by atoms with Gasteiger partial charge in [0.15, 0.2) is 4.67 Å². The average Bonchev–Trinajstić information content (AvgIpc) is 3.17. The number of esters is 1.